The molecule has 0 atom stereocenters. The molecule has 3 aromatic rings. The van der Waals surface area contributed by atoms with Crippen molar-refractivity contribution in [3.63, 3.8) is 0 Å². The van der Waals surface area contributed by atoms with Crippen LogP contribution in [0.15, 0.2) is 78.4 Å². The zero-order chi connectivity index (χ0) is 23.9. The molecule has 0 spiro atoms. The number of carbonyl (C=O) groups excluding carboxylic acids is 1. The zero-order valence-corrected chi connectivity index (χ0v) is 19.0. The Morgan fingerprint density at radius 3 is 2.35 bits per heavy atom. The minimum absolute atomic E-state index is 0.0512. The maximum absolute atomic E-state index is 12.6. The second kappa shape index (κ2) is 10.8. The lowest BCUT2D eigenvalue weighted by atomic mass is 9.99. The van der Waals surface area contributed by atoms with Gasteiger partial charge in [-0.1, -0.05) is 60.7 Å². The van der Waals surface area contributed by atoms with E-state index >= 15 is 0 Å². The zero-order valence-electron chi connectivity index (χ0n) is 19.0. The number of ketones is 1. The Kier molecular flexibility index (Phi) is 7.34. The normalized spacial score (nSPS) is 15.3. The third-order valence-corrected chi connectivity index (χ3v) is 5.70. The SMILES string of the molecule is COc1cc(/C=C2\CN(Cc3ccccc3)CCC2=O)cc([N+](=O)[O-])c1OCc1ccccc1. The molecule has 0 aliphatic carbocycles. The summed E-state index contributed by atoms with van der Waals surface area (Å²) in [4.78, 5) is 26.2. The number of ether oxygens (including phenoxy) is 2. The first-order valence-electron chi connectivity index (χ1n) is 11.1. The van der Waals surface area contributed by atoms with Crippen LogP contribution in [0.1, 0.15) is 23.1 Å². The molecular formula is C27H26N2O5. The smallest absolute Gasteiger partial charge is 0.315 e. The molecule has 7 heteroatoms. The van der Waals surface area contributed by atoms with Crippen LogP contribution in [0.4, 0.5) is 5.69 Å². The molecule has 7 nitrogen and oxygen atoms in total. The van der Waals surface area contributed by atoms with E-state index in [-0.39, 0.29) is 29.6 Å². The molecule has 1 aliphatic heterocycles. The van der Waals surface area contributed by atoms with Crippen molar-refractivity contribution in [1.29, 1.82) is 0 Å². The maximum Gasteiger partial charge on any atom is 0.315 e. The highest BCUT2D eigenvalue weighted by Gasteiger charge is 2.25. The Morgan fingerprint density at radius 2 is 1.71 bits per heavy atom. The van der Waals surface area contributed by atoms with Crippen LogP contribution in [0, 0.1) is 10.1 Å². The summed E-state index contributed by atoms with van der Waals surface area (Å²) in [6.07, 6.45) is 2.13. The van der Waals surface area contributed by atoms with Gasteiger partial charge < -0.3 is 9.47 Å². The second-order valence-corrected chi connectivity index (χ2v) is 8.14. The molecule has 174 valence electrons. The average Bonchev–Trinajstić information content (AvgIpc) is 2.86. The number of nitro groups is 1. The molecule has 4 rings (SSSR count). The number of benzene rings is 3. The van der Waals surface area contributed by atoms with Crippen molar-refractivity contribution in [2.24, 2.45) is 0 Å². The molecule has 1 heterocycles. The van der Waals surface area contributed by atoms with Gasteiger partial charge >= 0.3 is 5.69 Å². The van der Waals surface area contributed by atoms with E-state index < -0.39 is 4.92 Å². The fraction of sp³-hybridized carbons (Fsp3) is 0.222. The molecule has 34 heavy (non-hydrogen) atoms. The molecule has 0 bridgehead atoms. The number of nitro benzene ring substituents is 1. The Bertz CT molecular complexity index is 1190. The van der Waals surface area contributed by atoms with Gasteiger partial charge in [-0.25, -0.2) is 0 Å². The number of rotatable bonds is 8. The standard InChI is InChI=1S/C27H26N2O5/c1-33-26-16-22(15-24(29(31)32)27(26)34-19-21-10-6-3-7-11-21)14-23-18-28(13-12-25(23)30)17-20-8-4-2-5-9-20/h2-11,14-16H,12-13,17-19H2,1H3/b23-14+. The van der Waals surface area contributed by atoms with Gasteiger partial charge in [0.2, 0.25) is 5.75 Å². The summed E-state index contributed by atoms with van der Waals surface area (Å²) in [6, 6.07) is 22.6. The van der Waals surface area contributed by atoms with E-state index in [4.69, 9.17) is 9.47 Å². The Labute approximate surface area is 198 Å². The van der Waals surface area contributed by atoms with Crippen molar-refractivity contribution in [3.8, 4) is 11.5 Å². The molecule has 0 N–H and O–H groups in total. The number of piperidine rings is 1. The number of carbonyl (C=O) groups is 1. The van der Waals surface area contributed by atoms with E-state index in [1.165, 1.54) is 18.7 Å². The topological polar surface area (TPSA) is 81.9 Å². The maximum atomic E-state index is 12.6. The molecule has 0 radical (unpaired) electrons. The van der Waals surface area contributed by atoms with E-state index in [0.29, 0.717) is 30.6 Å². The van der Waals surface area contributed by atoms with E-state index in [1.807, 2.05) is 48.5 Å². The molecule has 1 fully saturated rings. The summed E-state index contributed by atoms with van der Waals surface area (Å²) in [5, 5.41) is 11.8. The average molecular weight is 459 g/mol. The van der Waals surface area contributed by atoms with E-state index in [9.17, 15) is 14.9 Å². The van der Waals surface area contributed by atoms with Gasteiger partial charge in [-0.3, -0.25) is 19.8 Å². The molecule has 0 unspecified atom stereocenters. The van der Waals surface area contributed by atoms with Gasteiger partial charge in [-0.05, 0) is 28.8 Å². The number of hydrogen-bond acceptors (Lipinski definition) is 6. The summed E-state index contributed by atoms with van der Waals surface area (Å²) in [5.74, 6) is 0.371. The lowest BCUT2D eigenvalue weighted by Gasteiger charge is -2.28. The first kappa shape index (κ1) is 23.2. The summed E-state index contributed by atoms with van der Waals surface area (Å²) < 4.78 is 11.2. The molecule has 1 saturated heterocycles. The first-order chi connectivity index (χ1) is 16.5. The molecule has 1 aliphatic rings. The minimum atomic E-state index is -0.491. The van der Waals surface area contributed by atoms with E-state index in [0.717, 1.165) is 12.1 Å². The fourth-order valence-electron chi connectivity index (χ4n) is 3.99. The lowest BCUT2D eigenvalue weighted by Crippen LogP contribution is -2.35. The van der Waals surface area contributed by atoms with Crippen LogP contribution in [0.25, 0.3) is 6.08 Å². The summed E-state index contributed by atoms with van der Waals surface area (Å²) in [5.41, 5.74) is 3.01. The van der Waals surface area contributed by atoms with Gasteiger partial charge in [0.1, 0.15) is 6.61 Å². The van der Waals surface area contributed by atoms with Crippen LogP contribution in [-0.2, 0) is 17.9 Å². The van der Waals surface area contributed by atoms with Crippen LogP contribution in [-0.4, -0.2) is 35.8 Å². The van der Waals surface area contributed by atoms with E-state index in [2.05, 4.69) is 17.0 Å². The molecule has 3 aromatic carbocycles. The molecular weight excluding hydrogens is 432 g/mol. The van der Waals surface area contributed by atoms with Crippen molar-refractivity contribution >= 4 is 17.5 Å². The number of hydrogen-bond donors (Lipinski definition) is 0. The van der Waals surface area contributed by atoms with Crippen molar-refractivity contribution in [2.45, 2.75) is 19.6 Å². The number of methoxy groups -OCH3 is 1. The van der Waals surface area contributed by atoms with Gasteiger partial charge in [0.25, 0.3) is 0 Å². The third kappa shape index (κ3) is 5.68. The molecule has 0 amide bonds. The Hall–Kier alpha value is -3.97. The van der Waals surface area contributed by atoms with Gasteiger partial charge in [0.15, 0.2) is 11.5 Å². The number of likely N-dealkylation sites (tertiary alicyclic amines) is 1. The highest BCUT2D eigenvalue weighted by molar-refractivity contribution is 6.00. The summed E-state index contributed by atoms with van der Waals surface area (Å²) >= 11 is 0. The summed E-state index contributed by atoms with van der Waals surface area (Å²) in [7, 11) is 1.44. The number of Topliss-reactive ketones (excluding diaryl/α,β-unsaturated/α-hetero) is 1. The Morgan fingerprint density at radius 1 is 1.03 bits per heavy atom. The van der Waals surface area contributed by atoms with Crippen LogP contribution in [0.3, 0.4) is 0 Å². The van der Waals surface area contributed by atoms with Crippen molar-refractivity contribution in [3.05, 3.63) is 105 Å². The van der Waals surface area contributed by atoms with Crippen LogP contribution < -0.4 is 9.47 Å². The fourth-order valence-corrected chi connectivity index (χ4v) is 3.99. The predicted molar refractivity (Wildman–Crippen MR) is 130 cm³/mol. The van der Waals surface area contributed by atoms with Gasteiger partial charge in [0.05, 0.1) is 12.0 Å². The molecule has 0 saturated carbocycles. The number of nitrogens with zero attached hydrogens (tertiary/aromatic N) is 2. The van der Waals surface area contributed by atoms with Crippen molar-refractivity contribution in [2.75, 3.05) is 20.2 Å². The third-order valence-electron chi connectivity index (χ3n) is 5.70. The van der Waals surface area contributed by atoms with Gasteiger partial charge in [-0.2, -0.15) is 0 Å². The van der Waals surface area contributed by atoms with Crippen LogP contribution >= 0.6 is 0 Å². The Balaban J connectivity index is 1.59. The van der Waals surface area contributed by atoms with Crippen LogP contribution in [0.5, 0.6) is 11.5 Å². The summed E-state index contributed by atoms with van der Waals surface area (Å²) in [6.45, 7) is 2.07. The van der Waals surface area contributed by atoms with Crippen molar-refractivity contribution in [1.82, 2.24) is 4.90 Å². The monoisotopic (exact) mass is 458 g/mol. The van der Waals surface area contributed by atoms with Gasteiger partial charge in [-0.15, -0.1) is 0 Å². The minimum Gasteiger partial charge on any atom is -0.493 e. The quantitative estimate of drug-likeness (QED) is 0.267. The van der Waals surface area contributed by atoms with Crippen molar-refractivity contribution < 1.29 is 19.2 Å². The largest absolute Gasteiger partial charge is 0.493 e. The highest BCUT2D eigenvalue weighted by Crippen LogP contribution is 2.39. The molecule has 0 aromatic heterocycles. The first-order valence-corrected chi connectivity index (χ1v) is 11.1. The van der Waals surface area contributed by atoms with Crippen LogP contribution in [0.2, 0.25) is 0 Å². The lowest BCUT2D eigenvalue weighted by molar-refractivity contribution is -0.386. The van der Waals surface area contributed by atoms with Gasteiger partial charge in [0, 0.05) is 37.7 Å². The highest BCUT2D eigenvalue weighted by atomic mass is 16.6. The predicted octanol–water partition coefficient (Wildman–Crippen LogP) is 5.04. The van der Waals surface area contributed by atoms with E-state index in [1.54, 1.807) is 12.1 Å². The second-order valence-electron chi connectivity index (χ2n) is 8.14.